The standard InChI is InChI=1S/C10H19NO/c1-3-9(2)10(6-7-11)5-4-8-12/h5,12H,2-4,6-8,11H2,1H3/b10-5+. The number of allylic oxidation sites excluding steroid dienone is 1. The van der Waals surface area contributed by atoms with Crippen LogP contribution in [0.4, 0.5) is 0 Å². The van der Waals surface area contributed by atoms with Gasteiger partial charge in [-0.3, -0.25) is 0 Å². The van der Waals surface area contributed by atoms with Crippen LogP contribution in [-0.4, -0.2) is 18.3 Å². The minimum absolute atomic E-state index is 0.199. The molecule has 0 heterocycles. The number of rotatable bonds is 6. The molecule has 0 aliphatic carbocycles. The predicted octanol–water partition coefficient (Wildman–Crippen LogP) is 1.61. The molecule has 0 saturated carbocycles. The summed E-state index contributed by atoms with van der Waals surface area (Å²) in [6.45, 7) is 6.86. The van der Waals surface area contributed by atoms with Crippen molar-refractivity contribution >= 4 is 0 Å². The average Bonchev–Trinajstić information content (AvgIpc) is 2.11. The molecule has 0 saturated heterocycles. The SMILES string of the molecule is C=C(CC)/C(=C/CCO)CCN. The van der Waals surface area contributed by atoms with Gasteiger partial charge in [0.15, 0.2) is 0 Å². The molecule has 0 radical (unpaired) electrons. The van der Waals surface area contributed by atoms with E-state index in [1.165, 1.54) is 5.57 Å². The van der Waals surface area contributed by atoms with E-state index in [4.69, 9.17) is 10.8 Å². The number of hydrogen-bond acceptors (Lipinski definition) is 2. The fourth-order valence-corrected chi connectivity index (χ4v) is 1.04. The van der Waals surface area contributed by atoms with E-state index in [-0.39, 0.29) is 6.61 Å². The van der Waals surface area contributed by atoms with Crippen LogP contribution in [0.1, 0.15) is 26.2 Å². The number of hydrogen-bond donors (Lipinski definition) is 2. The van der Waals surface area contributed by atoms with Crippen molar-refractivity contribution in [1.82, 2.24) is 0 Å². The molecule has 2 heteroatoms. The largest absolute Gasteiger partial charge is 0.396 e. The van der Waals surface area contributed by atoms with Crippen LogP contribution < -0.4 is 5.73 Å². The van der Waals surface area contributed by atoms with Gasteiger partial charge in [0.2, 0.25) is 0 Å². The van der Waals surface area contributed by atoms with E-state index in [9.17, 15) is 0 Å². The first-order valence-corrected chi connectivity index (χ1v) is 4.44. The van der Waals surface area contributed by atoms with E-state index in [0.717, 1.165) is 18.4 Å². The van der Waals surface area contributed by atoms with Gasteiger partial charge in [0.25, 0.3) is 0 Å². The number of nitrogens with two attached hydrogens (primary N) is 1. The molecule has 0 bridgehead atoms. The molecule has 0 unspecified atom stereocenters. The predicted molar refractivity (Wildman–Crippen MR) is 52.9 cm³/mol. The summed E-state index contributed by atoms with van der Waals surface area (Å²) in [7, 11) is 0. The second-order valence-corrected chi connectivity index (χ2v) is 2.74. The first-order valence-electron chi connectivity index (χ1n) is 4.44. The Morgan fingerprint density at radius 3 is 2.67 bits per heavy atom. The van der Waals surface area contributed by atoms with Gasteiger partial charge in [-0.1, -0.05) is 25.2 Å². The summed E-state index contributed by atoms with van der Waals surface area (Å²) in [5.74, 6) is 0. The molecule has 12 heavy (non-hydrogen) atoms. The first-order chi connectivity index (χ1) is 5.76. The maximum atomic E-state index is 8.63. The van der Waals surface area contributed by atoms with E-state index in [1.54, 1.807) is 0 Å². The van der Waals surface area contributed by atoms with Crippen molar-refractivity contribution in [3.05, 3.63) is 23.8 Å². The van der Waals surface area contributed by atoms with Crippen molar-refractivity contribution in [3.63, 3.8) is 0 Å². The lowest BCUT2D eigenvalue weighted by molar-refractivity contribution is 0.302. The Balaban J connectivity index is 4.11. The summed E-state index contributed by atoms with van der Waals surface area (Å²) < 4.78 is 0. The molecular formula is C10H19NO. The Morgan fingerprint density at radius 2 is 2.25 bits per heavy atom. The Bertz CT molecular complexity index is 161. The quantitative estimate of drug-likeness (QED) is 0.593. The van der Waals surface area contributed by atoms with Crippen LogP contribution in [-0.2, 0) is 0 Å². The van der Waals surface area contributed by atoms with E-state index < -0.39 is 0 Å². The average molecular weight is 169 g/mol. The fraction of sp³-hybridized carbons (Fsp3) is 0.600. The van der Waals surface area contributed by atoms with Crippen molar-refractivity contribution in [3.8, 4) is 0 Å². The molecule has 0 aliphatic heterocycles. The second kappa shape index (κ2) is 7.07. The van der Waals surface area contributed by atoms with Gasteiger partial charge in [0.05, 0.1) is 0 Å². The summed E-state index contributed by atoms with van der Waals surface area (Å²) in [5, 5.41) is 8.63. The van der Waals surface area contributed by atoms with Gasteiger partial charge in [0.1, 0.15) is 0 Å². The highest BCUT2D eigenvalue weighted by Gasteiger charge is 1.98. The monoisotopic (exact) mass is 169 g/mol. The van der Waals surface area contributed by atoms with Gasteiger partial charge in [-0.2, -0.15) is 0 Å². The second-order valence-electron chi connectivity index (χ2n) is 2.74. The fourth-order valence-electron chi connectivity index (χ4n) is 1.04. The summed E-state index contributed by atoms with van der Waals surface area (Å²) in [6, 6.07) is 0. The molecule has 3 N–H and O–H groups in total. The van der Waals surface area contributed by atoms with E-state index in [0.29, 0.717) is 13.0 Å². The molecule has 0 rings (SSSR count). The topological polar surface area (TPSA) is 46.2 Å². The maximum absolute atomic E-state index is 8.63. The van der Waals surface area contributed by atoms with Crippen LogP contribution in [0.3, 0.4) is 0 Å². The third-order valence-corrected chi connectivity index (χ3v) is 1.81. The lowest BCUT2D eigenvalue weighted by Gasteiger charge is -2.07. The molecule has 0 aromatic heterocycles. The van der Waals surface area contributed by atoms with Crippen LogP contribution in [0, 0.1) is 0 Å². The highest BCUT2D eigenvalue weighted by molar-refractivity contribution is 5.27. The summed E-state index contributed by atoms with van der Waals surface area (Å²) in [6.07, 6.45) is 4.55. The number of aliphatic hydroxyl groups is 1. The zero-order valence-corrected chi connectivity index (χ0v) is 7.84. The van der Waals surface area contributed by atoms with Gasteiger partial charge >= 0.3 is 0 Å². The highest BCUT2D eigenvalue weighted by Crippen LogP contribution is 2.15. The molecule has 2 nitrogen and oxygen atoms in total. The molecule has 0 amide bonds. The lowest BCUT2D eigenvalue weighted by Crippen LogP contribution is -2.02. The third-order valence-electron chi connectivity index (χ3n) is 1.81. The van der Waals surface area contributed by atoms with Crippen molar-refractivity contribution < 1.29 is 5.11 Å². The molecule has 0 atom stereocenters. The van der Waals surface area contributed by atoms with E-state index in [2.05, 4.69) is 13.5 Å². The van der Waals surface area contributed by atoms with E-state index in [1.807, 2.05) is 6.08 Å². The van der Waals surface area contributed by atoms with Gasteiger partial charge in [-0.15, -0.1) is 0 Å². The van der Waals surface area contributed by atoms with Crippen LogP contribution in [0.25, 0.3) is 0 Å². The van der Waals surface area contributed by atoms with Crippen LogP contribution in [0.2, 0.25) is 0 Å². The maximum Gasteiger partial charge on any atom is 0.0465 e. The van der Waals surface area contributed by atoms with Crippen molar-refractivity contribution in [2.45, 2.75) is 26.2 Å². The normalized spacial score (nSPS) is 11.8. The van der Waals surface area contributed by atoms with Gasteiger partial charge in [-0.25, -0.2) is 0 Å². The Hall–Kier alpha value is -0.600. The zero-order valence-electron chi connectivity index (χ0n) is 7.84. The first kappa shape index (κ1) is 11.4. The Morgan fingerprint density at radius 1 is 1.58 bits per heavy atom. The van der Waals surface area contributed by atoms with Crippen LogP contribution in [0.15, 0.2) is 23.8 Å². The molecule has 0 aromatic carbocycles. The van der Waals surface area contributed by atoms with Gasteiger partial charge in [-0.05, 0) is 31.4 Å². The molecule has 0 aromatic rings. The van der Waals surface area contributed by atoms with Crippen molar-refractivity contribution in [2.24, 2.45) is 5.73 Å². The highest BCUT2D eigenvalue weighted by atomic mass is 16.2. The molecule has 0 spiro atoms. The smallest absolute Gasteiger partial charge is 0.0465 e. The summed E-state index contributed by atoms with van der Waals surface area (Å²) in [5.41, 5.74) is 7.79. The Kier molecular flexibility index (Phi) is 6.72. The third kappa shape index (κ3) is 4.31. The molecular weight excluding hydrogens is 150 g/mol. The molecule has 0 aliphatic rings. The van der Waals surface area contributed by atoms with Crippen molar-refractivity contribution in [1.29, 1.82) is 0 Å². The minimum atomic E-state index is 0.199. The zero-order chi connectivity index (χ0) is 9.40. The van der Waals surface area contributed by atoms with E-state index >= 15 is 0 Å². The summed E-state index contributed by atoms with van der Waals surface area (Å²) in [4.78, 5) is 0. The number of aliphatic hydroxyl groups excluding tert-OH is 1. The van der Waals surface area contributed by atoms with Gasteiger partial charge in [0, 0.05) is 6.61 Å². The van der Waals surface area contributed by atoms with Crippen LogP contribution >= 0.6 is 0 Å². The van der Waals surface area contributed by atoms with Gasteiger partial charge < -0.3 is 10.8 Å². The van der Waals surface area contributed by atoms with Crippen molar-refractivity contribution in [2.75, 3.05) is 13.2 Å². The Labute approximate surface area is 74.8 Å². The van der Waals surface area contributed by atoms with Crippen LogP contribution in [0.5, 0.6) is 0 Å². The molecule has 70 valence electrons. The minimum Gasteiger partial charge on any atom is -0.396 e. The molecule has 0 fully saturated rings. The summed E-state index contributed by atoms with van der Waals surface area (Å²) >= 11 is 0. The lowest BCUT2D eigenvalue weighted by atomic mass is 10.0.